The summed E-state index contributed by atoms with van der Waals surface area (Å²) in [7, 11) is 0. The predicted octanol–water partition coefficient (Wildman–Crippen LogP) is 1.78. The fourth-order valence-corrected chi connectivity index (χ4v) is 3.36. The molecule has 3 N–H and O–H groups in total. The summed E-state index contributed by atoms with van der Waals surface area (Å²) in [4.78, 5) is 23.0. The fourth-order valence-electron chi connectivity index (χ4n) is 3.36. The number of amides is 3. The molecule has 114 valence electrons. The molecule has 0 spiro atoms. The monoisotopic (exact) mass is 281 g/mol. The zero-order valence-corrected chi connectivity index (χ0v) is 12.6. The molecule has 0 unspecified atom stereocenters. The maximum absolute atomic E-state index is 11.9. The molecular formula is C15H27N3O2. The van der Waals surface area contributed by atoms with Gasteiger partial charge in [-0.25, -0.2) is 4.79 Å². The van der Waals surface area contributed by atoms with Crippen LogP contribution in [0.1, 0.15) is 52.4 Å². The average molecular weight is 281 g/mol. The molecule has 1 saturated heterocycles. The number of rotatable bonds is 5. The van der Waals surface area contributed by atoms with E-state index in [2.05, 4.69) is 29.8 Å². The van der Waals surface area contributed by atoms with Crippen LogP contribution in [0.4, 0.5) is 4.79 Å². The molecule has 1 saturated carbocycles. The minimum Gasteiger partial charge on any atom is -0.354 e. The third kappa shape index (κ3) is 4.12. The largest absolute Gasteiger partial charge is 0.354 e. The van der Waals surface area contributed by atoms with E-state index < -0.39 is 0 Å². The Morgan fingerprint density at radius 3 is 2.70 bits per heavy atom. The third-order valence-corrected chi connectivity index (χ3v) is 4.48. The molecule has 5 heteroatoms. The van der Waals surface area contributed by atoms with Gasteiger partial charge in [0.25, 0.3) is 0 Å². The van der Waals surface area contributed by atoms with Crippen molar-refractivity contribution < 1.29 is 9.59 Å². The van der Waals surface area contributed by atoms with Gasteiger partial charge in [-0.05, 0) is 37.0 Å². The van der Waals surface area contributed by atoms with E-state index in [1.807, 2.05) is 0 Å². The number of carbonyl (C=O) groups excluding carboxylic acids is 2. The van der Waals surface area contributed by atoms with Crippen molar-refractivity contribution in [3.8, 4) is 0 Å². The summed E-state index contributed by atoms with van der Waals surface area (Å²) in [5.41, 5.74) is 0.326. The first-order chi connectivity index (χ1) is 9.49. The van der Waals surface area contributed by atoms with Gasteiger partial charge >= 0.3 is 6.03 Å². The smallest absolute Gasteiger partial charge is 0.315 e. The number of piperidine rings is 1. The van der Waals surface area contributed by atoms with Crippen LogP contribution in [0, 0.1) is 11.3 Å². The minimum absolute atomic E-state index is 0.0649. The van der Waals surface area contributed by atoms with E-state index >= 15 is 0 Å². The van der Waals surface area contributed by atoms with Gasteiger partial charge in [-0.2, -0.15) is 0 Å². The van der Waals surface area contributed by atoms with E-state index in [0.29, 0.717) is 24.3 Å². The van der Waals surface area contributed by atoms with E-state index in [1.165, 1.54) is 25.7 Å². The SMILES string of the molecule is CC(C)CC1(CNC(=O)N[C@@H]2CCC(=O)NC2)CCC1. The molecule has 1 atom stereocenters. The van der Waals surface area contributed by atoms with Crippen molar-refractivity contribution in [1.29, 1.82) is 0 Å². The summed E-state index contributed by atoms with van der Waals surface area (Å²) in [5, 5.41) is 8.75. The van der Waals surface area contributed by atoms with Crippen LogP contribution >= 0.6 is 0 Å². The van der Waals surface area contributed by atoms with E-state index in [9.17, 15) is 9.59 Å². The molecule has 1 aliphatic heterocycles. The van der Waals surface area contributed by atoms with Crippen LogP contribution in [0.25, 0.3) is 0 Å². The second kappa shape index (κ2) is 6.46. The highest BCUT2D eigenvalue weighted by atomic mass is 16.2. The normalized spacial score (nSPS) is 24.8. The lowest BCUT2D eigenvalue weighted by Gasteiger charge is -2.43. The molecule has 5 nitrogen and oxygen atoms in total. The molecule has 1 aliphatic carbocycles. The van der Waals surface area contributed by atoms with Gasteiger partial charge in [0.2, 0.25) is 5.91 Å². The Morgan fingerprint density at radius 1 is 1.45 bits per heavy atom. The van der Waals surface area contributed by atoms with Crippen LogP contribution in [0.5, 0.6) is 0 Å². The lowest BCUT2D eigenvalue weighted by Crippen LogP contribution is -2.52. The van der Waals surface area contributed by atoms with Crippen LogP contribution in [-0.4, -0.2) is 31.1 Å². The van der Waals surface area contributed by atoms with E-state index in [4.69, 9.17) is 0 Å². The molecule has 0 bridgehead atoms. The van der Waals surface area contributed by atoms with Crippen molar-refractivity contribution in [3.05, 3.63) is 0 Å². The summed E-state index contributed by atoms with van der Waals surface area (Å²) < 4.78 is 0. The third-order valence-electron chi connectivity index (χ3n) is 4.48. The van der Waals surface area contributed by atoms with E-state index in [0.717, 1.165) is 13.0 Å². The van der Waals surface area contributed by atoms with Crippen LogP contribution in [-0.2, 0) is 4.79 Å². The molecule has 3 amide bonds. The zero-order chi connectivity index (χ0) is 14.6. The van der Waals surface area contributed by atoms with Crippen LogP contribution in [0.2, 0.25) is 0 Å². The zero-order valence-electron chi connectivity index (χ0n) is 12.6. The second-order valence-electron chi connectivity index (χ2n) is 6.82. The standard InChI is InChI=1S/C15H27N3O2/c1-11(2)8-15(6-3-7-15)10-17-14(20)18-12-4-5-13(19)16-9-12/h11-12H,3-10H2,1-2H3,(H,16,19)(H2,17,18,20)/t12-/m1/s1. The van der Waals surface area contributed by atoms with Gasteiger partial charge in [-0.15, -0.1) is 0 Å². The fraction of sp³-hybridized carbons (Fsp3) is 0.867. The molecule has 0 aromatic carbocycles. The van der Waals surface area contributed by atoms with Gasteiger partial charge in [0.15, 0.2) is 0 Å². The first-order valence-electron chi connectivity index (χ1n) is 7.80. The quantitative estimate of drug-likeness (QED) is 0.719. The highest BCUT2D eigenvalue weighted by Gasteiger charge is 2.37. The number of nitrogens with one attached hydrogen (secondary N) is 3. The summed E-state index contributed by atoms with van der Waals surface area (Å²) in [6, 6.07) is -0.0312. The Morgan fingerprint density at radius 2 is 2.20 bits per heavy atom. The van der Waals surface area contributed by atoms with Gasteiger partial charge in [0, 0.05) is 25.6 Å². The lowest BCUT2D eigenvalue weighted by molar-refractivity contribution is -0.122. The number of hydrogen-bond acceptors (Lipinski definition) is 2. The molecule has 2 aliphatic rings. The minimum atomic E-state index is -0.0961. The van der Waals surface area contributed by atoms with Crippen LogP contribution < -0.4 is 16.0 Å². The van der Waals surface area contributed by atoms with Gasteiger partial charge in [0.05, 0.1) is 0 Å². The topological polar surface area (TPSA) is 70.2 Å². The first-order valence-corrected chi connectivity index (χ1v) is 7.80. The molecule has 2 rings (SSSR count). The summed E-state index contributed by atoms with van der Waals surface area (Å²) in [6.45, 7) is 5.80. The Labute approximate surface area is 121 Å². The Balaban J connectivity index is 1.70. The number of urea groups is 1. The first kappa shape index (κ1) is 15.1. The maximum Gasteiger partial charge on any atom is 0.315 e. The molecule has 0 radical (unpaired) electrons. The average Bonchev–Trinajstić information content (AvgIpc) is 2.35. The van der Waals surface area contributed by atoms with E-state index in [1.54, 1.807) is 0 Å². The van der Waals surface area contributed by atoms with Crippen molar-refractivity contribution in [3.63, 3.8) is 0 Å². The Kier molecular flexibility index (Phi) is 4.89. The summed E-state index contributed by atoms with van der Waals surface area (Å²) in [5.74, 6) is 0.752. The van der Waals surface area contributed by atoms with Gasteiger partial charge in [-0.3, -0.25) is 4.79 Å². The van der Waals surface area contributed by atoms with Crippen molar-refractivity contribution >= 4 is 11.9 Å². The molecule has 2 fully saturated rings. The molecule has 1 heterocycles. The molecule has 0 aromatic rings. The van der Waals surface area contributed by atoms with Crippen molar-refractivity contribution in [1.82, 2.24) is 16.0 Å². The summed E-state index contributed by atoms with van der Waals surface area (Å²) in [6.07, 6.45) is 6.16. The molecular weight excluding hydrogens is 254 g/mol. The summed E-state index contributed by atoms with van der Waals surface area (Å²) >= 11 is 0. The van der Waals surface area contributed by atoms with Gasteiger partial charge < -0.3 is 16.0 Å². The highest BCUT2D eigenvalue weighted by Crippen LogP contribution is 2.45. The van der Waals surface area contributed by atoms with Crippen LogP contribution in [0.15, 0.2) is 0 Å². The Bertz CT molecular complexity index is 354. The number of carbonyl (C=O) groups is 2. The van der Waals surface area contributed by atoms with Crippen LogP contribution in [0.3, 0.4) is 0 Å². The number of hydrogen-bond donors (Lipinski definition) is 3. The van der Waals surface area contributed by atoms with Gasteiger partial charge in [0.1, 0.15) is 0 Å². The van der Waals surface area contributed by atoms with Crippen molar-refractivity contribution in [2.24, 2.45) is 11.3 Å². The van der Waals surface area contributed by atoms with E-state index in [-0.39, 0.29) is 18.0 Å². The maximum atomic E-state index is 11.9. The Hall–Kier alpha value is -1.26. The van der Waals surface area contributed by atoms with Crippen molar-refractivity contribution in [2.45, 2.75) is 58.4 Å². The predicted molar refractivity (Wildman–Crippen MR) is 78.3 cm³/mol. The highest BCUT2D eigenvalue weighted by molar-refractivity contribution is 5.78. The second-order valence-corrected chi connectivity index (χ2v) is 6.82. The molecule has 0 aromatic heterocycles. The lowest BCUT2D eigenvalue weighted by atomic mass is 9.64. The van der Waals surface area contributed by atoms with Crippen molar-refractivity contribution in [2.75, 3.05) is 13.1 Å². The molecule has 20 heavy (non-hydrogen) atoms. The van der Waals surface area contributed by atoms with Gasteiger partial charge in [-0.1, -0.05) is 20.3 Å².